The normalized spacial score (nSPS) is 14.8. The van der Waals surface area contributed by atoms with E-state index in [4.69, 9.17) is 4.74 Å². The largest absolute Gasteiger partial charge is 0.464 e. The zero-order valence-electron chi connectivity index (χ0n) is 15.7. The molecule has 3 aromatic rings. The first-order valence-corrected chi connectivity index (χ1v) is 9.04. The van der Waals surface area contributed by atoms with Crippen molar-refractivity contribution >= 4 is 28.5 Å². The van der Waals surface area contributed by atoms with Crippen LogP contribution < -0.4 is 5.32 Å². The van der Waals surface area contributed by atoms with Gasteiger partial charge in [0.05, 0.1) is 18.2 Å². The Kier molecular flexibility index (Phi) is 4.02. The number of aromatic nitrogens is 1. The number of esters is 1. The number of aryl methyl sites for hydroxylation is 2. The lowest BCUT2D eigenvalue weighted by molar-refractivity contribution is -0.118. The number of nitrogens with one attached hydrogen (secondary N) is 2. The standard InChI is InChI=1S/C22H22N2O3/c1-13-4-7-15(8-5-13)22(10-11-22)21(26)24-18-16-12-14(2)6-9-17(16)23-19(18)20(25)27-3/h4-9,12,23H,10-11H2,1-3H3,(H,24,26). The molecule has 1 aliphatic carbocycles. The topological polar surface area (TPSA) is 71.2 Å². The zero-order chi connectivity index (χ0) is 19.2. The summed E-state index contributed by atoms with van der Waals surface area (Å²) in [6.07, 6.45) is 1.60. The van der Waals surface area contributed by atoms with E-state index in [2.05, 4.69) is 10.3 Å². The summed E-state index contributed by atoms with van der Waals surface area (Å²) in [6.45, 7) is 4.00. The number of methoxy groups -OCH3 is 1. The fraction of sp³-hybridized carbons (Fsp3) is 0.273. The molecule has 1 heterocycles. The van der Waals surface area contributed by atoms with Crippen LogP contribution in [0, 0.1) is 13.8 Å². The van der Waals surface area contributed by atoms with Crippen molar-refractivity contribution in [2.24, 2.45) is 0 Å². The number of aromatic amines is 1. The van der Waals surface area contributed by atoms with E-state index < -0.39 is 11.4 Å². The van der Waals surface area contributed by atoms with Gasteiger partial charge in [0.15, 0.2) is 0 Å². The van der Waals surface area contributed by atoms with Crippen molar-refractivity contribution in [2.75, 3.05) is 12.4 Å². The molecule has 0 unspecified atom stereocenters. The number of rotatable bonds is 4. The predicted molar refractivity (Wildman–Crippen MR) is 105 cm³/mol. The van der Waals surface area contributed by atoms with Crippen molar-refractivity contribution in [3.8, 4) is 0 Å². The Hall–Kier alpha value is -3.08. The minimum Gasteiger partial charge on any atom is -0.464 e. The number of fused-ring (bicyclic) bond motifs is 1. The molecule has 1 aromatic heterocycles. The van der Waals surface area contributed by atoms with E-state index in [1.165, 1.54) is 7.11 Å². The predicted octanol–water partition coefficient (Wildman–Crippen LogP) is 4.24. The number of hydrogen-bond acceptors (Lipinski definition) is 3. The quantitative estimate of drug-likeness (QED) is 0.682. The molecule has 0 saturated heterocycles. The first-order chi connectivity index (χ1) is 12.9. The molecule has 0 aliphatic heterocycles. The number of H-pyrrole nitrogens is 1. The number of ether oxygens (including phenoxy) is 1. The molecule has 0 bridgehead atoms. The van der Waals surface area contributed by atoms with Crippen LogP contribution in [0.3, 0.4) is 0 Å². The minimum atomic E-state index is -0.519. The summed E-state index contributed by atoms with van der Waals surface area (Å²) in [4.78, 5) is 28.5. The van der Waals surface area contributed by atoms with E-state index in [-0.39, 0.29) is 11.6 Å². The van der Waals surface area contributed by atoms with Crippen molar-refractivity contribution in [3.63, 3.8) is 0 Å². The number of hydrogen-bond donors (Lipinski definition) is 2. The number of anilines is 1. The molecule has 0 atom stereocenters. The highest BCUT2D eigenvalue weighted by atomic mass is 16.5. The van der Waals surface area contributed by atoms with Gasteiger partial charge in [-0.05, 0) is 44.4 Å². The maximum atomic E-state index is 13.2. The Bertz CT molecular complexity index is 1040. The van der Waals surface area contributed by atoms with Crippen molar-refractivity contribution < 1.29 is 14.3 Å². The summed E-state index contributed by atoms with van der Waals surface area (Å²) < 4.78 is 4.90. The van der Waals surface area contributed by atoms with Gasteiger partial charge < -0.3 is 15.0 Å². The van der Waals surface area contributed by atoms with Crippen LogP contribution in [0.15, 0.2) is 42.5 Å². The van der Waals surface area contributed by atoms with Crippen LogP contribution in [0.4, 0.5) is 5.69 Å². The number of carbonyl (C=O) groups excluding carboxylic acids is 2. The molecule has 2 aromatic carbocycles. The fourth-order valence-electron chi connectivity index (χ4n) is 3.57. The first-order valence-electron chi connectivity index (χ1n) is 9.04. The molecule has 4 rings (SSSR count). The maximum Gasteiger partial charge on any atom is 0.356 e. The van der Waals surface area contributed by atoms with Gasteiger partial charge in [0.2, 0.25) is 5.91 Å². The van der Waals surface area contributed by atoms with E-state index in [9.17, 15) is 9.59 Å². The van der Waals surface area contributed by atoms with Gasteiger partial charge in [0, 0.05) is 10.9 Å². The third-order valence-electron chi connectivity index (χ3n) is 5.37. The van der Waals surface area contributed by atoms with Crippen LogP contribution in [0.25, 0.3) is 10.9 Å². The number of carbonyl (C=O) groups is 2. The second-order valence-corrected chi connectivity index (χ2v) is 7.32. The summed E-state index contributed by atoms with van der Waals surface area (Å²) in [5, 5.41) is 3.83. The van der Waals surface area contributed by atoms with E-state index in [1.54, 1.807) is 0 Å². The molecule has 138 valence electrons. The van der Waals surface area contributed by atoms with Gasteiger partial charge in [-0.15, -0.1) is 0 Å². The van der Waals surface area contributed by atoms with Crippen molar-refractivity contribution in [3.05, 3.63) is 64.8 Å². The summed E-state index contributed by atoms with van der Waals surface area (Å²) in [6, 6.07) is 13.9. The van der Waals surface area contributed by atoms with E-state index in [1.807, 2.05) is 56.3 Å². The van der Waals surface area contributed by atoms with Crippen LogP contribution in [0.2, 0.25) is 0 Å². The Morgan fingerprint density at radius 3 is 2.33 bits per heavy atom. The molecule has 2 N–H and O–H groups in total. The molecule has 27 heavy (non-hydrogen) atoms. The second-order valence-electron chi connectivity index (χ2n) is 7.32. The summed E-state index contributed by atoms with van der Waals surface area (Å²) in [5.41, 5.74) is 4.25. The van der Waals surface area contributed by atoms with Gasteiger partial charge in [-0.1, -0.05) is 41.5 Å². The van der Waals surface area contributed by atoms with Gasteiger partial charge in [-0.25, -0.2) is 4.79 Å². The van der Waals surface area contributed by atoms with Crippen molar-refractivity contribution in [2.45, 2.75) is 32.1 Å². The molecule has 1 aliphatic rings. The highest BCUT2D eigenvalue weighted by Crippen LogP contribution is 2.49. The zero-order valence-corrected chi connectivity index (χ0v) is 15.7. The lowest BCUT2D eigenvalue weighted by Gasteiger charge is -2.16. The minimum absolute atomic E-state index is 0.0843. The van der Waals surface area contributed by atoms with Gasteiger partial charge >= 0.3 is 5.97 Å². The Morgan fingerprint density at radius 1 is 1.04 bits per heavy atom. The Labute approximate surface area is 157 Å². The monoisotopic (exact) mass is 362 g/mol. The number of benzene rings is 2. The Balaban J connectivity index is 1.74. The van der Waals surface area contributed by atoms with Crippen molar-refractivity contribution in [1.82, 2.24) is 4.98 Å². The van der Waals surface area contributed by atoms with Gasteiger partial charge in [-0.3, -0.25) is 4.79 Å². The maximum absolute atomic E-state index is 13.2. The van der Waals surface area contributed by atoms with Crippen LogP contribution in [-0.2, 0) is 14.9 Å². The summed E-state index contributed by atoms with van der Waals surface area (Å²) in [7, 11) is 1.33. The molecule has 1 amide bonds. The SMILES string of the molecule is COC(=O)c1[nH]c2ccc(C)cc2c1NC(=O)C1(c2ccc(C)cc2)CC1. The first kappa shape index (κ1) is 17.3. The van der Waals surface area contributed by atoms with Crippen LogP contribution in [0.5, 0.6) is 0 Å². The van der Waals surface area contributed by atoms with Gasteiger partial charge in [0.25, 0.3) is 0 Å². The average molecular weight is 362 g/mol. The molecule has 0 spiro atoms. The number of amides is 1. The highest BCUT2D eigenvalue weighted by Gasteiger charge is 2.51. The van der Waals surface area contributed by atoms with Crippen LogP contribution in [-0.4, -0.2) is 24.0 Å². The molecule has 1 fully saturated rings. The Morgan fingerprint density at radius 2 is 1.70 bits per heavy atom. The van der Waals surface area contributed by atoms with E-state index in [0.29, 0.717) is 5.69 Å². The second kappa shape index (κ2) is 6.27. The molecular weight excluding hydrogens is 340 g/mol. The highest BCUT2D eigenvalue weighted by molar-refractivity contribution is 6.13. The molecular formula is C22H22N2O3. The lowest BCUT2D eigenvalue weighted by Crippen LogP contribution is -2.28. The lowest BCUT2D eigenvalue weighted by atomic mass is 9.94. The van der Waals surface area contributed by atoms with E-state index in [0.717, 1.165) is 40.4 Å². The van der Waals surface area contributed by atoms with Crippen molar-refractivity contribution in [1.29, 1.82) is 0 Å². The molecule has 5 heteroatoms. The molecule has 1 saturated carbocycles. The molecule has 0 radical (unpaired) electrons. The van der Waals surface area contributed by atoms with Crippen LogP contribution >= 0.6 is 0 Å². The third-order valence-corrected chi connectivity index (χ3v) is 5.37. The summed E-state index contributed by atoms with van der Waals surface area (Å²) in [5.74, 6) is -0.585. The third kappa shape index (κ3) is 2.89. The fourth-order valence-corrected chi connectivity index (χ4v) is 3.57. The average Bonchev–Trinajstić information content (AvgIpc) is 3.40. The van der Waals surface area contributed by atoms with Crippen LogP contribution in [0.1, 0.15) is 40.0 Å². The summed E-state index contributed by atoms with van der Waals surface area (Å²) >= 11 is 0. The molecule has 5 nitrogen and oxygen atoms in total. The van der Waals surface area contributed by atoms with Gasteiger partial charge in [0.1, 0.15) is 5.69 Å². The smallest absolute Gasteiger partial charge is 0.356 e. The van der Waals surface area contributed by atoms with Gasteiger partial charge in [-0.2, -0.15) is 0 Å². The van der Waals surface area contributed by atoms with E-state index >= 15 is 0 Å².